The molecule has 3 rings (SSSR count). The van der Waals surface area contributed by atoms with E-state index >= 15 is 0 Å². The van der Waals surface area contributed by atoms with Crippen LogP contribution in [0.1, 0.15) is 33.2 Å². The predicted molar refractivity (Wildman–Crippen MR) is 105 cm³/mol. The molecule has 0 aliphatic rings. The summed E-state index contributed by atoms with van der Waals surface area (Å²) in [4.78, 5) is 32.3. The normalized spacial score (nSPS) is 10.2. The highest BCUT2D eigenvalue weighted by Gasteiger charge is 2.08. The summed E-state index contributed by atoms with van der Waals surface area (Å²) >= 11 is 0. The minimum atomic E-state index is -0.362. The van der Waals surface area contributed by atoms with Crippen LogP contribution in [0.3, 0.4) is 0 Å². The summed E-state index contributed by atoms with van der Waals surface area (Å²) in [7, 11) is 0. The SMILES string of the molecule is CCOC(=O)c1ccc(Nc2cc(C(=O)NCc3cccnc3)ccn2)cc1. The highest BCUT2D eigenvalue weighted by atomic mass is 16.5. The monoisotopic (exact) mass is 376 g/mol. The third-order valence-electron chi connectivity index (χ3n) is 3.87. The zero-order valence-corrected chi connectivity index (χ0v) is 15.4. The van der Waals surface area contributed by atoms with Gasteiger partial charge in [0.25, 0.3) is 5.91 Å². The van der Waals surface area contributed by atoms with Gasteiger partial charge in [0, 0.05) is 36.4 Å². The molecule has 1 amide bonds. The maximum atomic E-state index is 12.4. The average molecular weight is 376 g/mol. The molecule has 0 unspecified atom stereocenters. The van der Waals surface area contributed by atoms with Crippen LogP contribution in [-0.4, -0.2) is 28.5 Å². The fraction of sp³-hybridized carbons (Fsp3) is 0.143. The molecule has 3 aromatic rings. The summed E-state index contributed by atoms with van der Waals surface area (Å²) in [5.41, 5.74) is 2.63. The van der Waals surface area contributed by atoms with E-state index < -0.39 is 0 Å². The number of amides is 1. The Hall–Kier alpha value is -3.74. The largest absolute Gasteiger partial charge is 0.462 e. The van der Waals surface area contributed by atoms with Crippen LogP contribution in [-0.2, 0) is 11.3 Å². The van der Waals surface area contributed by atoms with Gasteiger partial charge in [0.05, 0.1) is 12.2 Å². The summed E-state index contributed by atoms with van der Waals surface area (Å²) in [6.45, 7) is 2.49. The van der Waals surface area contributed by atoms with Gasteiger partial charge in [-0.2, -0.15) is 0 Å². The first-order valence-electron chi connectivity index (χ1n) is 8.83. The number of aromatic nitrogens is 2. The number of carbonyl (C=O) groups excluding carboxylic acids is 2. The summed E-state index contributed by atoms with van der Waals surface area (Å²) in [6, 6.07) is 13.9. The Labute approximate surface area is 162 Å². The molecule has 0 atom stereocenters. The smallest absolute Gasteiger partial charge is 0.338 e. The molecule has 7 nitrogen and oxygen atoms in total. The second kappa shape index (κ2) is 9.27. The van der Waals surface area contributed by atoms with Crippen LogP contribution < -0.4 is 10.6 Å². The minimum absolute atomic E-state index is 0.202. The molecule has 0 radical (unpaired) electrons. The number of benzene rings is 1. The lowest BCUT2D eigenvalue weighted by Gasteiger charge is -2.09. The second-order valence-corrected chi connectivity index (χ2v) is 5.90. The van der Waals surface area contributed by atoms with Gasteiger partial charge in [-0.15, -0.1) is 0 Å². The molecule has 0 bridgehead atoms. The van der Waals surface area contributed by atoms with E-state index in [2.05, 4.69) is 20.6 Å². The molecule has 142 valence electrons. The van der Waals surface area contributed by atoms with Crippen LogP contribution in [0.5, 0.6) is 0 Å². The molecule has 2 aromatic heterocycles. The van der Waals surface area contributed by atoms with Gasteiger partial charge in [0.1, 0.15) is 5.82 Å². The number of carbonyl (C=O) groups is 2. The van der Waals surface area contributed by atoms with E-state index in [1.807, 2.05) is 12.1 Å². The van der Waals surface area contributed by atoms with Crippen LogP contribution in [0.25, 0.3) is 0 Å². The summed E-state index contributed by atoms with van der Waals surface area (Å²) in [5, 5.41) is 5.97. The zero-order valence-electron chi connectivity index (χ0n) is 15.4. The van der Waals surface area contributed by atoms with Crippen molar-refractivity contribution in [2.45, 2.75) is 13.5 Å². The van der Waals surface area contributed by atoms with Crippen molar-refractivity contribution in [3.63, 3.8) is 0 Å². The Kier molecular flexibility index (Phi) is 6.30. The number of hydrogen-bond donors (Lipinski definition) is 2. The van der Waals surface area contributed by atoms with Gasteiger partial charge in [0.2, 0.25) is 0 Å². The number of rotatable bonds is 7. The molecule has 1 aromatic carbocycles. The molecule has 2 heterocycles. The molecule has 28 heavy (non-hydrogen) atoms. The maximum absolute atomic E-state index is 12.4. The number of nitrogens with one attached hydrogen (secondary N) is 2. The molecule has 0 saturated heterocycles. The first-order chi connectivity index (χ1) is 13.7. The summed E-state index contributed by atoms with van der Waals surface area (Å²) in [6.07, 6.45) is 4.96. The molecule has 2 N–H and O–H groups in total. The fourth-order valence-corrected chi connectivity index (χ4v) is 2.48. The third kappa shape index (κ3) is 5.14. The molecule has 7 heteroatoms. The lowest BCUT2D eigenvalue weighted by atomic mass is 10.2. The van der Waals surface area contributed by atoms with Crippen LogP contribution in [0, 0.1) is 0 Å². The van der Waals surface area contributed by atoms with E-state index in [1.165, 1.54) is 0 Å². The van der Waals surface area contributed by atoms with Crippen molar-refractivity contribution in [1.82, 2.24) is 15.3 Å². The van der Waals surface area contributed by atoms with Crippen molar-refractivity contribution in [2.24, 2.45) is 0 Å². The standard InChI is InChI=1S/C21H20N4O3/c1-2-28-21(27)16-5-7-18(8-6-16)25-19-12-17(9-11-23-19)20(26)24-14-15-4-3-10-22-13-15/h3-13H,2,14H2,1H3,(H,23,25)(H,24,26). The van der Waals surface area contributed by atoms with E-state index in [0.29, 0.717) is 30.1 Å². The molecule has 0 spiro atoms. The zero-order chi connectivity index (χ0) is 19.8. The van der Waals surface area contributed by atoms with Gasteiger partial charge < -0.3 is 15.4 Å². The molecular weight excluding hydrogens is 356 g/mol. The summed E-state index contributed by atoms with van der Waals surface area (Å²) in [5.74, 6) is -0.0377. The molecule has 0 aliphatic carbocycles. The van der Waals surface area contributed by atoms with E-state index in [9.17, 15) is 9.59 Å². The fourth-order valence-electron chi connectivity index (χ4n) is 2.48. The minimum Gasteiger partial charge on any atom is -0.462 e. The Balaban J connectivity index is 1.62. The quantitative estimate of drug-likeness (QED) is 0.615. The van der Waals surface area contributed by atoms with Gasteiger partial charge in [-0.3, -0.25) is 9.78 Å². The molecule has 0 aliphatic heterocycles. The topological polar surface area (TPSA) is 93.2 Å². The van der Waals surface area contributed by atoms with Gasteiger partial charge in [-0.05, 0) is 55.0 Å². The van der Waals surface area contributed by atoms with Gasteiger partial charge in [-0.1, -0.05) is 6.07 Å². The lowest BCUT2D eigenvalue weighted by Crippen LogP contribution is -2.23. The number of hydrogen-bond acceptors (Lipinski definition) is 6. The van der Waals surface area contributed by atoms with Crippen molar-refractivity contribution in [1.29, 1.82) is 0 Å². The van der Waals surface area contributed by atoms with Crippen molar-refractivity contribution in [2.75, 3.05) is 11.9 Å². The maximum Gasteiger partial charge on any atom is 0.338 e. The van der Waals surface area contributed by atoms with E-state index in [-0.39, 0.29) is 11.9 Å². The molecular formula is C21H20N4O3. The van der Waals surface area contributed by atoms with Crippen molar-refractivity contribution in [3.05, 3.63) is 83.8 Å². The van der Waals surface area contributed by atoms with Crippen LogP contribution in [0.15, 0.2) is 67.1 Å². The van der Waals surface area contributed by atoms with E-state index in [1.54, 1.807) is 61.9 Å². The molecule has 0 fully saturated rings. The van der Waals surface area contributed by atoms with E-state index in [0.717, 1.165) is 11.3 Å². The van der Waals surface area contributed by atoms with Crippen molar-refractivity contribution >= 4 is 23.4 Å². The Bertz CT molecular complexity index is 943. The van der Waals surface area contributed by atoms with Crippen LogP contribution in [0.2, 0.25) is 0 Å². The average Bonchev–Trinajstić information content (AvgIpc) is 2.73. The second-order valence-electron chi connectivity index (χ2n) is 5.90. The van der Waals surface area contributed by atoms with Crippen molar-refractivity contribution in [3.8, 4) is 0 Å². The highest BCUT2D eigenvalue weighted by Crippen LogP contribution is 2.17. The van der Waals surface area contributed by atoms with E-state index in [4.69, 9.17) is 4.74 Å². The first kappa shape index (κ1) is 19.0. The number of ether oxygens (including phenoxy) is 1. The number of anilines is 2. The number of nitrogens with zero attached hydrogens (tertiary/aromatic N) is 2. The number of pyridine rings is 2. The highest BCUT2D eigenvalue weighted by molar-refractivity contribution is 5.95. The Morgan fingerprint density at radius 2 is 1.86 bits per heavy atom. The van der Waals surface area contributed by atoms with Gasteiger partial charge >= 0.3 is 5.97 Å². The first-order valence-corrected chi connectivity index (χ1v) is 8.83. The van der Waals surface area contributed by atoms with Crippen molar-refractivity contribution < 1.29 is 14.3 Å². The lowest BCUT2D eigenvalue weighted by molar-refractivity contribution is 0.0526. The Morgan fingerprint density at radius 1 is 1.04 bits per heavy atom. The third-order valence-corrected chi connectivity index (χ3v) is 3.87. The van der Waals surface area contributed by atoms with Crippen LogP contribution in [0.4, 0.5) is 11.5 Å². The van der Waals surface area contributed by atoms with Gasteiger partial charge in [0.15, 0.2) is 0 Å². The van der Waals surface area contributed by atoms with Gasteiger partial charge in [-0.25, -0.2) is 9.78 Å². The predicted octanol–water partition coefficient (Wildman–Crippen LogP) is 3.33. The summed E-state index contributed by atoms with van der Waals surface area (Å²) < 4.78 is 4.96. The van der Waals surface area contributed by atoms with Crippen LogP contribution >= 0.6 is 0 Å². The molecule has 0 saturated carbocycles. The Morgan fingerprint density at radius 3 is 2.57 bits per heavy atom. The number of esters is 1.